The molecule has 3 nitrogen and oxygen atoms in total. The minimum absolute atomic E-state index is 0.00568. The summed E-state index contributed by atoms with van der Waals surface area (Å²) in [6.45, 7) is -0.00974. The SMILES string of the molecule is CSc1ccc(C(=O)NCC(O)c2ccc(Cl)c(F)c2)cc1. The van der Waals surface area contributed by atoms with Crippen molar-refractivity contribution in [3.05, 3.63) is 64.4 Å². The second-order valence-corrected chi connectivity index (χ2v) is 5.91. The van der Waals surface area contributed by atoms with Gasteiger partial charge in [-0.2, -0.15) is 0 Å². The van der Waals surface area contributed by atoms with Gasteiger partial charge in [-0.25, -0.2) is 4.39 Å². The summed E-state index contributed by atoms with van der Waals surface area (Å²) in [5.74, 6) is -0.890. The van der Waals surface area contributed by atoms with E-state index in [1.165, 1.54) is 12.1 Å². The average Bonchev–Trinajstić information content (AvgIpc) is 2.54. The summed E-state index contributed by atoms with van der Waals surface area (Å²) >= 11 is 7.18. The third kappa shape index (κ3) is 4.22. The molecule has 0 heterocycles. The molecule has 0 aromatic heterocycles. The Balaban J connectivity index is 1.95. The van der Waals surface area contributed by atoms with E-state index in [9.17, 15) is 14.3 Å². The van der Waals surface area contributed by atoms with Crippen LogP contribution in [0.1, 0.15) is 22.0 Å². The Bertz CT molecular complexity index is 664. The lowest BCUT2D eigenvalue weighted by atomic mass is 10.1. The maximum atomic E-state index is 13.3. The molecule has 0 aliphatic heterocycles. The van der Waals surface area contributed by atoms with E-state index >= 15 is 0 Å². The zero-order valence-electron chi connectivity index (χ0n) is 11.8. The number of halogens is 2. The molecule has 2 aromatic carbocycles. The van der Waals surface area contributed by atoms with Crippen LogP contribution in [0.3, 0.4) is 0 Å². The molecule has 22 heavy (non-hydrogen) atoms. The predicted octanol–water partition coefficient (Wildman–Crippen LogP) is 3.66. The molecule has 0 aliphatic carbocycles. The van der Waals surface area contributed by atoms with E-state index in [1.807, 2.05) is 18.4 Å². The van der Waals surface area contributed by atoms with Crippen LogP contribution in [0.5, 0.6) is 0 Å². The van der Waals surface area contributed by atoms with E-state index in [4.69, 9.17) is 11.6 Å². The van der Waals surface area contributed by atoms with Gasteiger partial charge in [0.15, 0.2) is 0 Å². The van der Waals surface area contributed by atoms with Crippen molar-refractivity contribution in [1.82, 2.24) is 5.32 Å². The summed E-state index contributed by atoms with van der Waals surface area (Å²) in [5, 5.41) is 12.6. The van der Waals surface area contributed by atoms with Crippen molar-refractivity contribution < 1.29 is 14.3 Å². The maximum Gasteiger partial charge on any atom is 0.251 e. The van der Waals surface area contributed by atoms with Gasteiger partial charge >= 0.3 is 0 Å². The van der Waals surface area contributed by atoms with Gasteiger partial charge in [0.05, 0.1) is 11.1 Å². The van der Waals surface area contributed by atoms with Gasteiger partial charge < -0.3 is 10.4 Å². The first kappa shape index (κ1) is 16.8. The maximum absolute atomic E-state index is 13.3. The summed E-state index contributed by atoms with van der Waals surface area (Å²) in [7, 11) is 0. The molecule has 1 amide bonds. The fraction of sp³-hybridized carbons (Fsp3) is 0.188. The molecule has 0 bridgehead atoms. The highest BCUT2D eigenvalue weighted by molar-refractivity contribution is 7.98. The number of carbonyl (C=O) groups excluding carboxylic acids is 1. The lowest BCUT2D eigenvalue weighted by Crippen LogP contribution is -2.28. The normalized spacial score (nSPS) is 12.0. The van der Waals surface area contributed by atoms with Crippen molar-refractivity contribution >= 4 is 29.3 Å². The molecule has 6 heteroatoms. The second-order valence-electron chi connectivity index (χ2n) is 4.63. The van der Waals surface area contributed by atoms with Crippen LogP contribution in [-0.2, 0) is 0 Å². The van der Waals surface area contributed by atoms with Gasteiger partial charge in [-0.3, -0.25) is 4.79 Å². The molecule has 0 saturated heterocycles. The number of aliphatic hydroxyl groups excluding tert-OH is 1. The van der Waals surface area contributed by atoms with E-state index in [0.717, 1.165) is 11.0 Å². The Kier molecular flexibility index (Phi) is 5.83. The van der Waals surface area contributed by atoms with Crippen LogP contribution in [0.15, 0.2) is 47.4 Å². The Labute approximate surface area is 137 Å². The summed E-state index contributed by atoms with van der Waals surface area (Å²) in [4.78, 5) is 13.0. The molecule has 0 radical (unpaired) electrons. The number of benzene rings is 2. The molecule has 1 unspecified atom stereocenters. The number of thioether (sulfide) groups is 1. The standard InChI is InChI=1S/C16H15ClFNO2S/c1-22-12-5-2-10(3-6-12)16(21)19-9-15(20)11-4-7-13(17)14(18)8-11/h2-8,15,20H,9H2,1H3,(H,19,21). The number of amides is 1. The largest absolute Gasteiger partial charge is 0.387 e. The van der Waals surface area contributed by atoms with Crippen LogP contribution in [0, 0.1) is 5.82 Å². The molecular weight excluding hydrogens is 325 g/mol. The fourth-order valence-corrected chi connectivity index (χ4v) is 2.40. The molecule has 0 spiro atoms. The summed E-state index contributed by atoms with van der Waals surface area (Å²) in [6, 6.07) is 11.2. The summed E-state index contributed by atoms with van der Waals surface area (Å²) in [6.07, 6.45) is 0.956. The topological polar surface area (TPSA) is 49.3 Å². The molecular formula is C16H15ClFNO2S. The smallest absolute Gasteiger partial charge is 0.251 e. The third-order valence-electron chi connectivity index (χ3n) is 3.14. The van der Waals surface area contributed by atoms with Gasteiger partial charge in [0.2, 0.25) is 0 Å². The molecule has 0 fully saturated rings. The highest BCUT2D eigenvalue weighted by atomic mass is 35.5. The first-order chi connectivity index (χ1) is 10.5. The Morgan fingerprint density at radius 1 is 1.32 bits per heavy atom. The molecule has 0 aliphatic rings. The van der Waals surface area contributed by atoms with E-state index in [1.54, 1.807) is 23.9 Å². The Hall–Kier alpha value is -1.56. The highest BCUT2D eigenvalue weighted by Gasteiger charge is 2.12. The van der Waals surface area contributed by atoms with Crippen molar-refractivity contribution in [3.8, 4) is 0 Å². The number of hydrogen-bond acceptors (Lipinski definition) is 3. The lowest BCUT2D eigenvalue weighted by Gasteiger charge is -2.13. The van der Waals surface area contributed by atoms with Crippen molar-refractivity contribution in [2.45, 2.75) is 11.0 Å². The quantitative estimate of drug-likeness (QED) is 0.817. The van der Waals surface area contributed by atoms with Crippen molar-refractivity contribution in [1.29, 1.82) is 0 Å². The Morgan fingerprint density at radius 3 is 2.59 bits per heavy atom. The number of hydrogen-bond donors (Lipinski definition) is 2. The first-order valence-corrected chi connectivity index (χ1v) is 8.17. The fourth-order valence-electron chi connectivity index (χ4n) is 1.87. The summed E-state index contributed by atoms with van der Waals surface area (Å²) < 4.78 is 13.3. The molecule has 0 saturated carbocycles. The van der Waals surface area contributed by atoms with Crippen LogP contribution in [0.4, 0.5) is 4.39 Å². The van der Waals surface area contributed by atoms with Gasteiger partial charge in [0, 0.05) is 17.0 Å². The first-order valence-electron chi connectivity index (χ1n) is 6.56. The zero-order chi connectivity index (χ0) is 16.1. The lowest BCUT2D eigenvalue weighted by molar-refractivity contribution is 0.0916. The number of carbonyl (C=O) groups is 1. The van der Waals surface area contributed by atoms with Crippen LogP contribution in [0.2, 0.25) is 5.02 Å². The number of rotatable bonds is 5. The highest BCUT2D eigenvalue weighted by Crippen LogP contribution is 2.20. The van der Waals surface area contributed by atoms with Gasteiger partial charge in [-0.1, -0.05) is 17.7 Å². The molecule has 2 N–H and O–H groups in total. The van der Waals surface area contributed by atoms with Gasteiger partial charge in [-0.15, -0.1) is 11.8 Å². The van der Waals surface area contributed by atoms with Crippen molar-refractivity contribution in [2.24, 2.45) is 0 Å². The van der Waals surface area contributed by atoms with E-state index in [0.29, 0.717) is 11.1 Å². The summed E-state index contributed by atoms with van der Waals surface area (Å²) in [5.41, 5.74) is 0.868. The van der Waals surface area contributed by atoms with Crippen LogP contribution >= 0.6 is 23.4 Å². The van der Waals surface area contributed by atoms with E-state index < -0.39 is 11.9 Å². The second kappa shape index (κ2) is 7.63. The van der Waals surface area contributed by atoms with E-state index in [-0.39, 0.29) is 17.5 Å². The van der Waals surface area contributed by atoms with Gasteiger partial charge in [0.1, 0.15) is 5.82 Å². The van der Waals surface area contributed by atoms with Crippen LogP contribution < -0.4 is 5.32 Å². The van der Waals surface area contributed by atoms with Crippen LogP contribution in [-0.4, -0.2) is 23.8 Å². The van der Waals surface area contributed by atoms with Crippen molar-refractivity contribution in [3.63, 3.8) is 0 Å². The molecule has 2 aromatic rings. The number of nitrogens with one attached hydrogen (secondary N) is 1. The van der Waals surface area contributed by atoms with E-state index in [2.05, 4.69) is 5.32 Å². The molecule has 1 atom stereocenters. The number of aliphatic hydroxyl groups is 1. The molecule has 116 valence electrons. The minimum atomic E-state index is -0.999. The van der Waals surface area contributed by atoms with Crippen molar-refractivity contribution in [2.75, 3.05) is 12.8 Å². The average molecular weight is 340 g/mol. The monoisotopic (exact) mass is 339 g/mol. The third-order valence-corrected chi connectivity index (χ3v) is 4.19. The zero-order valence-corrected chi connectivity index (χ0v) is 13.4. The van der Waals surface area contributed by atoms with Crippen LogP contribution in [0.25, 0.3) is 0 Å². The Morgan fingerprint density at radius 2 is 2.00 bits per heavy atom. The predicted molar refractivity (Wildman–Crippen MR) is 86.9 cm³/mol. The minimum Gasteiger partial charge on any atom is -0.387 e. The molecule has 2 rings (SSSR count). The van der Waals surface area contributed by atoms with Gasteiger partial charge in [-0.05, 0) is 48.2 Å². The van der Waals surface area contributed by atoms with Gasteiger partial charge in [0.25, 0.3) is 5.91 Å².